The lowest BCUT2D eigenvalue weighted by molar-refractivity contribution is -0.298. The number of aliphatic hydroxyl groups is 5. The monoisotopic (exact) mass is 691 g/mol. The number of amides is 1. The van der Waals surface area contributed by atoms with Gasteiger partial charge in [0.15, 0.2) is 6.29 Å². The highest BCUT2D eigenvalue weighted by Gasteiger charge is 2.48. The molecule has 1 fully saturated rings. The van der Waals surface area contributed by atoms with Crippen molar-refractivity contribution in [1.29, 1.82) is 0 Å². The Labute approximate surface area is 280 Å². The van der Waals surface area contributed by atoms with Crippen LogP contribution in [0.1, 0.15) is 90.9 Å². The Kier molecular flexibility index (Phi) is 22.9. The van der Waals surface area contributed by atoms with E-state index in [-0.39, 0.29) is 6.42 Å². The largest absolute Gasteiger partial charge is 0.397 e. The van der Waals surface area contributed by atoms with Gasteiger partial charge in [0.1, 0.15) is 30.5 Å². The van der Waals surface area contributed by atoms with Gasteiger partial charge in [-0.05, 0) is 58.3 Å². The van der Waals surface area contributed by atoms with Crippen LogP contribution in [-0.2, 0) is 28.9 Å². The normalized spacial score (nSPS) is 24.5. The molecule has 1 heterocycles. The predicted octanol–water partition coefficient (Wildman–Crippen LogP) is 2.78. The van der Waals surface area contributed by atoms with E-state index in [1.807, 2.05) is 19.1 Å². The molecule has 14 heteroatoms. The molecule has 8 atom stereocenters. The van der Waals surface area contributed by atoms with E-state index in [0.717, 1.165) is 57.8 Å². The molecule has 272 valence electrons. The summed E-state index contributed by atoms with van der Waals surface area (Å²) in [6, 6.07) is -1.14. The Morgan fingerprint density at radius 3 is 2.13 bits per heavy atom. The first-order valence-corrected chi connectivity index (χ1v) is 18.0. The topological polar surface area (TPSA) is 212 Å². The molecule has 1 aliphatic heterocycles. The van der Waals surface area contributed by atoms with Gasteiger partial charge in [-0.2, -0.15) is 8.42 Å². The number of aliphatic hydroxyl groups excluding tert-OH is 5. The van der Waals surface area contributed by atoms with Crippen molar-refractivity contribution in [2.24, 2.45) is 0 Å². The summed E-state index contributed by atoms with van der Waals surface area (Å²) in [5.41, 5.74) is 0. The maximum absolute atomic E-state index is 12.9. The van der Waals surface area contributed by atoms with Gasteiger partial charge in [0, 0.05) is 0 Å². The minimum absolute atomic E-state index is 0.209. The van der Waals surface area contributed by atoms with Crippen LogP contribution in [0.5, 0.6) is 0 Å². The Bertz CT molecular complexity index is 1060. The second kappa shape index (κ2) is 25.1. The van der Waals surface area contributed by atoms with Crippen molar-refractivity contribution in [2.75, 3.05) is 13.2 Å². The molecule has 0 saturated carbocycles. The molecule has 1 rings (SSSR count). The number of carbonyl (C=O) groups excluding carboxylic acids is 1. The zero-order valence-corrected chi connectivity index (χ0v) is 28.5. The number of hydrogen-bond donors (Lipinski definition) is 7. The van der Waals surface area contributed by atoms with E-state index in [2.05, 4.69) is 40.7 Å². The van der Waals surface area contributed by atoms with Crippen LogP contribution in [0.25, 0.3) is 0 Å². The molecule has 1 saturated heterocycles. The quantitative estimate of drug-likeness (QED) is 0.0419. The van der Waals surface area contributed by atoms with Gasteiger partial charge in [-0.15, -0.1) is 0 Å². The number of rotatable bonds is 25. The van der Waals surface area contributed by atoms with Crippen LogP contribution in [0.15, 0.2) is 48.6 Å². The third-order valence-corrected chi connectivity index (χ3v) is 7.98. The van der Waals surface area contributed by atoms with Gasteiger partial charge in [-0.1, -0.05) is 81.2 Å². The molecule has 0 bridgehead atoms. The first-order chi connectivity index (χ1) is 22.4. The van der Waals surface area contributed by atoms with E-state index in [1.54, 1.807) is 6.08 Å². The first kappa shape index (κ1) is 43.0. The fourth-order valence-electron chi connectivity index (χ4n) is 4.77. The maximum Gasteiger partial charge on any atom is 0.397 e. The lowest BCUT2D eigenvalue weighted by Gasteiger charge is -2.41. The van der Waals surface area contributed by atoms with Gasteiger partial charge < -0.3 is 40.3 Å². The molecule has 0 spiro atoms. The van der Waals surface area contributed by atoms with Gasteiger partial charge in [0.25, 0.3) is 0 Å². The van der Waals surface area contributed by atoms with E-state index in [1.165, 1.54) is 6.08 Å². The molecule has 47 heavy (non-hydrogen) atoms. The highest BCUT2D eigenvalue weighted by atomic mass is 32.3. The molecule has 1 amide bonds. The predicted molar refractivity (Wildman–Crippen MR) is 177 cm³/mol. The first-order valence-electron chi connectivity index (χ1n) is 16.6. The molecular weight excluding hydrogens is 634 g/mol. The third kappa shape index (κ3) is 19.0. The summed E-state index contributed by atoms with van der Waals surface area (Å²) in [4.78, 5) is 12.9. The van der Waals surface area contributed by atoms with Crippen molar-refractivity contribution in [3.8, 4) is 0 Å². The molecular formula is C33H57NO12S. The van der Waals surface area contributed by atoms with Crippen LogP contribution in [0.2, 0.25) is 0 Å². The summed E-state index contributed by atoms with van der Waals surface area (Å²) in [5.74, 6) is -0.740. The van der Waals surface area contributed by atoms with Gasteiger partial charge in [0.2, 0.25) is 5.91 Å². The van der Waals surface area contributed by atoms with Crippen LogP contribution in [0, 0.1) is 0 Å². The molecule has 0 aromatic carbocycles. The second-order valence-electron chi connectivity index (χ2n) is 11.5. The van der Waals surface area contributed by atoms with Crippen LogP contribution in [-0.4, -0.2) is 107 Å². The fourth-order valence-corrected chi connectivity index (χ4v) is 5.28. The van der Waals surface area contributed by atoms with E-state index >= 15 is 0 Å². The summed E-state index contributed by atoms with van der Waals surface area (Å²) in [5, 5.41) is 54.4. The van der Waals surface area contributed by atoms with Crippen molar-refractivity contribution in [3.63, 3.8) is 0 Å². The van der Waals surface area contributed by atoms with Gasteiger partial charge in [-0.25, -0.2) is 4.18 Å². The smallest absolute Gasteiger partial charge is 0.394 e. The number of ether oxygens (including phenoxy) is 2. The molecule has 8 unspecified atom stereocenters. The lowest BCUT2D eigenvalue weighted by Crippen LogP contribution is -2.61. The molecule has 0 radical (unpaired) electrons. The minimum atomic E-state index is -5.11. The second-order valence-corrected chi connectivity index (χ2v) is 12.6. The average Bonchev–Trinajstić information content (AvgIpc) is 3.03. The molecule has 13 nitrogen and oxygen atoms in total. The van der Waals surface area contributed by atoms with Crippen LogP contribution in [0.3, 0.4) is 0 Å². The van der Waals surface area contributed by atoms with Crippen LogP contribution < -0.4 is 5.32 Å². The number of carbonyl (C=O) groups is 1. The Hall–Kier alpha value is -1.98. The highest BCUT2D eigenvalue weighted by Crippen LogP contribution is 2.26. The number of nitrogens with one attached hydrogen (secondary N) is 1. The van der Waals surface area contributed by atoms with Crippen molar-refractivity contribution < 1.29 is 57.0 Å². The van der Waals surface area contributed by atoms with Crippen molar-refractivity contribution >= 4 is 16.3 Å². The van der Waals surface area contributed by atoms with Gasteiger partial charge >= 0.3 is 10.4 Å². The van der Waals surface area contributed by atoms with Crippen molar-refractivity contribution in [3.05, 3.63) is 48.6 Å². The van der Waals surface area contributed by atoms with Crippen molar-refractivity contribution in [2.45, 2.75) is 140 Å². The summed E-state index contributed by atoms with van der Waals surface area (Å²) in [6.07, 6.45) is 14.2. The lowest BCUT2D eigenvalue weighted by atomic mass is 9.99. The Balaban J connectivity index is 2.85. The van der Waals surface area contributed by atoms with Gasteiger partial charge in [0.05, 0.1) is 25.4 Å². The maximum atomic E-state index is 12.9. The molecule has 0 aromatic heterocycles. The van der Waals surface area contributed by atoms with Crippen LogP contribution >= 0.6 is 0 Å². The molecule has 1 aliphatic rings. The molecule has 0 aromatic rings. The minimum Gasteiger partial charge on any atom is -0.394 e. The Morgan fingerprint density at radius 2 is 1.51 bits per heavy atom. The van der Waals surface area contributed by atoms with E-state index in [0.29, 0.717) is 12.8 Å². The summed E-state index contributed by atoms with van der Waals surface area (Å²) >= 11 is 0. The standard InChI is InChI=1S/C33H57NO12S/c1-3-5-7-9-11-13-15-17-19-21-26(36)25(34-32(40)27(37)22-20-18-16-14-12-10-8-6-4-2)24-44-33-30(39)31(46-47(41,42)43)29(38)28(23-35)45-33/h3,5,10-13,19,21,25-31,33,35-39H,4,6-9,14-18,20,22-24H2,1-2H3,(H,34,40)(H,41,42,43)/b5-3+,12-10-,13-11+,21-19+. The number of unbranched alkanes of at least 4 members (excludes halogenated alkanes) is 7. The Morgan fingerprint density at radius 1 is 0.894 bits per heavy atom. The highest BCUT2D eigenvalue weighted by molar-refractivity contribution is 7.80. The number of allylic oxidation sites excluding steroid dienone is 7. The third-order valence-electron chi connectivity index (χ3n) is 7.51. The van der Waals surface area contributed by atoms with E-state index < -0.39 is 78.5 Å². The van der Waals surface area contributed by atoms with Crippen molar-refractivity contribution in [1.82, 2.24) is 5.32 Å². The summed E-state index contributed by atoms with van der Waals surface area (Å²) in [6.45, 7) is 2.81. The molecule has 7 N–H and O–H groups in total. The zero-order chi connectivity index (χ0) is 35.1. The zero-order valence-electron chi connectivity index (χ0n) is 27.7. The summed E-state index contributed by atoms with van der Waals surface area (Å²) < 4.78 is 47.0. The van der Waals surface area contributed by atoms with Gasteiger partial charge in [-0.3, -0.25) is 9.35 Å². The van der Waals surface area contributed by atoms with Crippen LogP contribution in [0.4, 0.5) is 0 Å². The van der Waals surface area contributed by atoms with E-state index in [4.69, 9.17) is 14.0 Å². The van der Waals surface area contributed by atoms with E-state index in [9.17, 15) is 38.7 Å². The number of hydrogen-bond acceptors (Lipinski definition) is 11. The summed E-state index contributed by atoms with van der Waals surface area (Å²) in [7, 11) is -5.11. The fraction of sp³-hybridized carbons (Fsp3) is 0.727. The SMILES string of the molecule is C/C=C/CC/C=C/CC/C=C/C(O)C(COC1OC(CO)C(O)C(OS(=O)(=O)O)C1O)NC(=O)C(O)CCCCC/C=C\CCCC. The average molecular weight is 692 g/mol. The molecule has 0 aliphatic carbocycles.